The Hall–Kier alpha value is -1.53. The van der Waals surface area contributed by atoms with Crippen LogP contribution in [0.15, 0.2) is 4.99 Å². The van der Waals surface area contributed by atoms with Gasteiger partial charge in [-0.05, 0) is 24.2 Å². The van der Waals surface area contributed by atoms with Crippen molar-refractivity contribution in [3.8, 4) is 0 Å². The monoisotopic (exact) mass is 246 g/mol. The highest BCUT2D eigenvalue weighted by Crippen LogP contribution is 2.40. The standard InChI is InChI=1S/C10H21N3.HNO3/c1-7-5-4-6-10(2,3)8(7)13-9(11)12;2-1(3)4/h7-8H,4-6H2,1-3H3,(H4,11,12,13);(H,2,3,4). The molecule has 0 radical (unpaired) electrons. The molecule has 0 aromatic heterocycles. The molecule has 0 amide bonds. The summed E-state index contributed by atoms with van der Waals surface area (Å²) in [5.41, 5.74) is 11.1. The molecule has 0 heterocycles. The van der Waals surface area contributed by atoms with Gasteiger partial charge in [0.25, 0.3) is 5.09 Å². The second-order valence-corrected chi connectivity index (χ2v) is 5.09. The Bertz CT molecular complexity index is 283. The number of nitrogens with two attached hydrogens (primary N) is 2. The van der Waals surface area contributed by atoms with E-state index in [-0.39, 0.29) is 11.4 Å². The van der Waals surface area contributed by atoms with Crippen molar-refractivity contribution < 1.29 is 10.3 Å². The van der Waals surface area contributed by atoms with Crippen LogP contribution in [0.3, 0.4) is 0 Å². The zero-order chi connectivity index (χ0) is 13.6. The van der Waals surface area contributed by atoms with Crippen LogP contribution in [0, 0.1) is 21.4 Å². The lowest BCUT2D eigenvalue weighted by molar-refractivity contribution is -0.742. The Morgan fingerprint density at radius 2 is 2.00 bits per heavy atom. The van der Waals surface area contributed by atoms with Gasteiger partial charge in [0, 0.05) is 0 Å². The fraction of sp³-hybridized carbons (Fsp3) is 0.900. The first-order valence-corrected chi connectivity index (χ1v) is 5.59. The minimum absolute atomic E-state index is 0.229. The summed E-state index contributed by atoms with van der Waals surface area (Å²) in [6.45, 7) is 6.73. The molecule has 5 N–H and O–H groups in total. The summed E-state index contributed by atoms with van der Waals surface area (Å²) < 4.78 is 0. The van der Waals surface area contributed by atoms with Gasteiger partial charge in [-0.1, -0.05) is 27.2 Å². The first-order valence-electron chi connectivity index (χ1n) is 5.59. The number of hydrogen-bond acceptors (Lipinski definition) is 3. The van der Waals surface area contributed by atoms with E-state index < -0.39 is 5.09 Å². The zero-order valence-corrected chi connectivity index (χ0v) is 10.6. The Labute approximate surface area is 101 Å². The van der Waals surface area contributed by atoms with E-state index in [0.717, 1.165) is 0 Å². The molecule has 1 aliphatic carbocycles. The number of guanidine groups is 1. The molecule has 0 saturated heterocycles. The molecule has 0 aromatic rings. The molecule has 0 bridgehead atoms. The maximum absolute atomic E-state index is 8.36. The van der Waals surface area contributed by atoms with Crippen LogP contribution in [0.2, 0.25) is 0 Å². The van der Waals surface area contributed by atoms with E-state index in [0.29, 0.717) is 12.0 Å². The van der Waals surface area contributed by atoms with Crippen molar-refractivity contribution >= 4 is 5.96 Å². The average molecular weight is 246 g/mol. The third-order valence-electron chi connectivity index (χ3n) is 3.11. The molecule has 100 valence electrons. The molecule has 17 heavy (non-hydrogen) atoms. The predicted octanol–water partition coefficient (Wildman–Crippen LogP) is 1.13. The van der Waals surface area contributed by atoms with E-state index in [1.165, 1.54) is 19.3 Å². The maximum atomic E-state index is 8.36. The topological polar surface area (TPSA) is 128 Å². The van der Waals surface area contributed by atoms with Crippen LogP contribution in [0.5, 0.6) is 0 Å². The largest absolute Gasteiger partial charge is 0.370 e. The van der Waals surface area contributed by atoms with Crippen LogP contribution in [-0.4, -0.2) is 22.3 Å². The van der Waals surface area contributed by atoms with Gasteiger partial charge in [-0.15, -0.1) is 10.1 Å². The van der Waals surface area contributed by atoms with Gasteiger partial charge >= 0.3 is 0 Å². The minimum atomic E-state index is -1.50. The smallest absolute Gasteiger partial charge is 0.291 e. The summed E-state index contributed by atoms with van der Waals surface area (Å²) in [4.78, 5) is 12.7. The van der Waals surface area contributed by atoms with Crippen molar-refractivity contribution in [3.63, 3.8) is 0 Å². The molecule has 2 atom stereocenters. The minimum Gasteiger partial charge on any atom is -0.370 e. The summed E-state index contributed by atoms with van der Waals surface area (Å²) in [6, 6.07) is 0.297. The van der Waals surface area contributed by atoms with Crippen LogP contribution >= 0.6 is 0 Å². The molecule has 7 nitrogen and oxygen atoms in total. The first-order chi connectivity index (χ1) is 7.66. The Balaban J connectivity index is 0.000000557. The van der Waals surface area contributed by atoms with Crippen molar-refractivity contribution in [1.82, 2.24) is 0 Å². The predicted molar refractivity (Wildman–Crippen MR) is 65.2 cm³/mol. The van der Waals surface area contributed by atoms with Gasteiger partial charge in [0.15, 0.2) is 5.96 Å². The zero-order valence-electron chi connectivity index (χ0n) is 10.6. The van der Waals surface area contributed by atoms with E-state index in [9.17, 15) is 0 Å². The number of rotatable bonds is 1. The highest BCUT2D eigenvalue weighted by Gasteiger charge is 2.36. The van der Waals surface area contributed by atoms with Crippen molar-refractivity contribution in [3.05, 3.63) is 10.1 Å². The van der Waals surface area contributed by atoms with Gasteiger partial charge in [-0.3, -0.25) is 0 Å². The molecule has 1 rings (SSSR count). The van der Waals surface area contributed by atoms with Gasteiger partial charge in [0.2, 0.25) is 0 Å². The third kappa shape index (κ3) is 5.94. The van der Waals surface area contributed by atoms with E-state index in [1.54, 1.807) is 0 Å². The van der Waals surface area contributed by atoms with E-state index in [1.807, 2.05) is 0 Å². The molecule has 0 aromatic carbocycles. The second kappa shape index (κ2) is 6.27. The molecule has 1 saturated carbocycles. The summed E-state index contributed by atoms with van der Waals surface area (Å²) in [6.07, 6.45) is 3.76. The lowest BCUT2D eigenvalue weighted by atomic mass is 9.69. The van der Waals surface area contributed by atoms with Gasteiger partial charge < -0.3 is 16.7 Å². The highest BCUT2D eigenvalue weighted by atomic mass is 16.9. The first kappa shape index (κ1) is 15.5. The van der Waals surface area contributed by atoms with Gasteiger partial charge in [-0.25, -0.2) is 4.99 Å². The van der Waals surface area contributed by atoms with Crippen molar-refractivity contribution in [2.75, 3.05) is 0 Å². The molecule has 0 aliphatic heterocycles. The van der Waals surface area contributed by atoms with Gasteiger partial charge in [0.1, 0.15) is 0 Å². The molecule has 1 aliphatic rings. The summed E-state index contributed by atoms with van der Waals surface area (Å²) in [5, 5.41) is 13.6. The van der Waals surface area contributed by atoms with Crippen LogP contribution in [-0.2, 0) is 0 Å². The summed E-state index contributed by atoms with van der Waals surface area (Å²) >= 11 is 0. The molecule has 2 unspecified atom stereocenters. The van der Waals surface area contributed by atoms with Crippen LogP contribution in [0.1, 0.15) is 40.0 Å². The van der Waals surface area contributed by atoms with Crippen molar-refractivity contribution in [2.45, 2.75) is 46.1 Å². The van der Waals surface area contributed by atoms with Crippen LogP contribution < -0.4 is 11.5 Å². The Morgan fingerprint density at radius 3 is 2.35 bits per heavy atom. The average Bonchev–Trinajstić information content (AvgIpc) is 2.10. The molecule has 1 fully saturated rings. The quantitative estimate of drug-likeness (QED) is 0.276. The molecule has 0 spiro atoms. The lowest BCUT2D eigenvalue weighted by Gasteiger charge is -2.40. The summed E-state index contributed by atoms with van der Waals surface area (Å²) in [7, 11) is 0. The van der Waals surface area contributed by atoms with E-state index in [4.69, 9.17) is 26.8 Å². The fourth-order valence-corrected chi connectivity index (χ4v) is 2.42. The number of nitrogens with zero attached hydrogens (tertiary/aromatic N) is 2. The van der Waals surface area contributed by atoms with Gasteiger partial charge in [0.05, 0.1) is 6.04 Å². The third-order valence-corrected chi connectivity index (χ3v) is 3.11. The Kier molecular flexibility index (Phi) is 5.70. The van der Waals surface area contributed by atoms with Crippen LogP contribution in [0.25, 0.3) is 0 Å². The number of hydrogen-bond donors (Lipinski definition) is 3. The molecular weight excluding hydrogens is 224 g/mol. The van der Waals surface area contributed by atoms with Crippen molar-refractivity contribution in [1.29, 1.82) is 0 Å². The van der Waals surface area contributed by atoms with E-state index >= 15 is 0 Å². The number of aliphatic imine (C=N–C) groups is 1. The fourth-order valence-electron chi connectivity index (χ4n) is 2.42. The lowest BCUT2D eigenvalue weighted by Crippen LogP contribution is -2.40. The maximum Gasteiger partial charge on any atom is 0.291 e. The summed E-state index contributed by atoms with van der Waals surface area (Å²) in [5.74, 6) is 0.831. The highest BCUT2D eigenvalue weighted by molar-refractivity contribution is 5.75. The second-order valence-electron chi connectivity index (χ2n) is 5.09. The normalized spacial score (nSPS) is 26.3. The van der Waals surface area contributed by atoms with Crippen molar-refractivity contribution in [2.24, 2.45) is 27.8 Å². The van der Waals surface area contributed by atoms with E-state index in [2.05, 4.69) is 25.8 Å². The van der Waals surface area contributed by atoms with Crippen LogP contribution in [0.4, 0.5) is 0 Å². The SMILES string of the molecule is CC1CCCC(C)(C)C1N=C(N)N.O=[N+]([O-])O. The van der Waals surface area contributed by atoms with Gasteiger partial charge in [-0.2, -0.15) is 0 Å². The molecule has 7 heteroatoms. The Morgan fingerprint density at radius 1 is 1.53 bits per heavy atom. The molecular formula is C10H22N4O3.